The Balaban J connectivity index is 1.97. The van der Waals surface area contributed by atoms with Gasteiger partial charge in [0.05, 0.1) is 15.9 Å². The number of aromatic nitrogens is 2. The van der Waals surface area contributed by atoms with Gasteiger partial charge in [-0.05, 0) is 26.0 Å². The molecule has 0 radical (unpaired) electrons. The van der Waals surface area contributed by atoms with Crippen LogP contribution in [0, 0.1) is 13.8 Å². The van der Waals surface area contributed by atoms with Crippen LogP contribution in [0.1, 0.15) is 11.4 Å². The third-order valence-corrected chi connectivity index (χ3v) is 5.63. The quantitative estimate of drug-likeness (QED) is 0.722. The van der Waals surface area contributed by atoms with Gasteiger partial charge in [0.2, 0.25) is 6.79 Å². The lowest BCUT2D eigenvalue weighted by atomic mass is 10.2. The van der Waals surface area contributed by atoms with Gasteiger partial charge in [-0.2, -0.15) is 0 Å². The zero-order valence-corrected chi connectivity index (χ0v) is 13.4. The first-order valence-electron chi connectivity index (χ1n) is 7.08. The highest BCUT2D eigenvalue weighted by Gasteiger charge is 2.25. The molecular weight excluding hydrogens is 316 g/mol. The smallest absolute Gasteiger partial charge is 0.269 e. The van der Waals surface area contributed by atoms with E-state index in [-0.39, 0.29) is 11.7 Å². The number of imidazole rings is 1. The topological polar surface area (TPSA) is 70.4 Å². The Morgan fingerprint density at radius 2 is 1.70 bits per heavy atom. The molecule has 0 aliphatic carbocycles. The van der Waals surface area contributed by atoms with Crippen LogP contribution in [-0.4, -0.2) is 24.2 Å². The fourth-order valence-corrected chi connectivity index (χ4v) is 4.17. The van der Waals surface area contributed by atoms with Crippen LogP contribution >= 0.6 is 0 Å². The van der Waals surface area contributed by atoms with Gasteiger partial charge in [0.25, 0.3) is 10.0 Å². The van der Waals surface area contributed by atoms with Crippen LogP contribution < -0.4 is 9.47 Å². The van der Waals surface area contributed by atoms with Crippen molar-refractivity contribution in [2.45, 2.75) is 18.7 Å². The number of hydrogen-bond acceptors (Lipinski definition) is 5. The van der Waals surface area contributed by atoms with Crippen LogP contribution in [0.25, 0.3) is 11.0 Å². The van der Waals surface area contributed by atoms with Crippen LogP contribution in [0.5, 0.6) is 11.5 Å². The normalized spacial score (nSPS) is 13.7. The van der Waals surface area contributed by atoms with Gasteiger partial charge in [-0.15, -0.1) is 0 Å². The predicted octanol–water partition coefficient (Wildman–Crippen LogP) is 2.62. The van der Waals surface area contributed by atoms with Gasteiger partial charge < -0.3 is 9.47 Å². The Morgan fingerprint density at radius 3 is 2.39 bits per heavy atom. The third kappa shape index (κ3) is 2.08. The van der Waals surface area contributed by atoms with Gasteiger partial charge in [0.15, 0.2) is 11.5 Å². The molecule has 0 unspecified atom stereocenters. The second-order valence-corrected chi connectivity index (χ2v) is 7.22. The summed E-state index contributed by atoms with van der Waals surface area (Å²) in [6.45, 7) is 3.71. The number of nitrogens with zero attached hydrogens (tertiary/aromatic N) is 2. The van der Waals surface area contributed by atoms with Gasteiger partial charge in [-0.3, -0.25) is 0 Å². The summed E-state index contributed by atoms with van der Waals surface area (Å²) in [5, 5.41) is 0. The van der Waals surface area contributed by atoms with Crippen LogP contribution in [0.4, 0.5) is 0 Å². The molecule has 0 bridgehead atoms. The summed E-state index contributed by atoms with van der Waals surface area (Å²) >= 11 is 0. The summed E-state index contributed by atoms with van der Waals surface area (Å²) in [6, 6.07) is 10.1. The van der Waals surface area contributed by atoms with Crippen molar-refractivity contribution in [1.82, 2.24) is 8.96 Å². The number of ether oxygens (including phenoxy) is 2. The summed E-state index contributed by atoms with van der Waals surface area (Å²) in [5.74, 6) is 1.50. The highest BCUT2D eigenvalue weighted by Crippen LogP contribution is 2.37. The fourth-order valence-electron chi connectivity index (χ4n) is 2.69. The Kier molecular flexibility index (Phi) is 2.89. The summed E-state index contributed by atoms with van der Waals surface area (Å²) < 4.78 is 37.9. The monoisotopic (exact) mass is 330 g/mol. The second-order valence-electron chi connectivity index (χ2n) is 5.44. The number of benzene rings is 2. The van der Waals surface area contributed by atoms with E-state index in [1.807, 2.05) is 6.92 Å². The average Bonchev–Trinajstić information content (AvgIpc) is 3.07. The maximum atomic E-state index is 13.0. The molecule has 3 aromatic rings. The fraction of sp³-hybridized carbons (Fsp3) is 0.188. The Bertz CT molecular complexity index is 1020. The zero-order valence-electron chi connectivity index (χ0n) is 12.6. The molecule has 0 amide bonds. The lowest BCUT2D eigenvalue weighted by molar-refractivity contribution is 0.174. The zero-order chi connectivity index (χ0) is 16.2. The lowest BCUT2D eigenvalue weighted by Crippen LogP contribution is -2.14. The SMILES string of the molecule is Cc1ccc(S(=O)(=O)n2c(C)nc3cc4c(cc32)OCO4)cc1. The molecule has 6 nitrogen and oxygen atoms in total. The molecule has 0 N–H and O–H groups in total. The molecule has 1 aliphatic rings. The minimum atomic E-state index is -3.73. The van der Waals surface area contributed by atoms with E-state index >= 15 is 0 Å². The average molecular weight is 330 g/mol. The number of aryl methyl sites for hydroxylation is 2. The summed E-state index contributed by atoms with van der Waals surface area (Å²) in [5.41, 5.74) is 2.04. The van der Waals surface area contributed by atoms with Gasteiger partial charge in [-0.1, -0.05) is 17.7 Å². The first kappa shape index (κ1) is 14.1. The molecule has 0 spiro atoms. The molecule has 1 aromatic heterocycles. The second kappa shape index (κ2) is 4.73. The molecule has 2 aromatic carbocycles. The largest absolute Gasteiger partial charge is 0.454 e. The van der Waals surface area contributed by atoms with Crippen molar-refractivity contribution in [3.05, 3.63) is 47.8 Å². The van der Waals surface area contributed by atoms with Crippen LogP contribution in [0.15, 0.2) is 41.3 Å². The Labute approximate surface area is 133 Å². The van der Waals surface area contributed by atoms with Crippen molar-refractivity contribution < 1.29 is 17.9 Å². The minimum Gasteiger partial charge on any atom is -0.454 e. The molecule has 23 heavy (non-hydrogen) atoms. The minimum absolute atomic E-state index is 0.131. The highest BCUT2D eigenvalue weighted by atomic mass is 32.2. The predicted molar refractivity (Wildman–Crippen MR) is 84.4 cm³/mol. The van der Waals surface area contributed by atoms with Crippen molar-refractivity contribution in [3.63, 3.8) is 0 Å². The van der Waals surface area contributed by atoms with Crippen LogP contribution in [-0.2, 0) is 10.0 Å². The van der Waals surface area contributed by atoms with Gasteiger partial charge in [0, 0.05) is 12.1 Å². The summed E-state index contributed by atoms with van der Waals surface area (Å²) in [4.78, 5) is 4.57. The molecule has 0 atom stereocenters. The van der Waals surface area contributed by atoms with E-state index in [1.165, 1.54) is 3.97 Å². The van der Waals surface area contributed by atoms with Crippen molar-refractivity contribution in [2.24, 2.45) is 0 Å². The van der Waals surface area contributed by atoms with Crippen LogP contribution in [0.2, 0.25) is 0 Å². The molecule has 0 saturated heterocycles. The molecule has 2 heterocycles. The highest BCUT2D eigenvalue weighted by molar-refractivity contribution is 7.90. The van der Waals surface area contributed by atoms with E-state index in [0.29, 0.717) is 28.4 Å². The van der Waals surface area contributed by atoms with Crippen molar-refractivity contribution >= 4 is 21.1 Å². The van der Waals surface area contributed by atoms with E-state index in [1.54, 1.807) is 43.3 Å². The van der Waals surface area contributed by atoms with E-state index < -0.39 is 10.0 Å². The molecule has 0 saturated carbocycles. The van der Waals surface area contributed by atoms with E-state index in [4.69, 9.17) is 9.47 Å². The first-order valence-corrected chi connectivity index (χ1v) is 8.52. The molecule has 1 aliphatic heterocycles. The van der Waals surface area contributed by atoms with Gasteiger partial charge in [0.1, 0.15) is 5.82 Å². The van der Waals surface area contributed by atoms with Gasteiger partial charge >= 0.3 is 0 Å². The molecular formula is C16H14N2O4S. The first-order chi connectivity index (χ1) is 11.0. The lowest BCUT2D eigenvalue weighted by Gasteiger charge is -2.09. The molecule has 7 heteroatoms. The Hall–Kier alpha value is -2.54. The maximum absolute atomic E-state index is 13.0. The van der Waals surface area contributed by atoms with E-state index in [2.05, 4.69) is 4.98 Å². The van der Waals surface area contributed by atoms with E-state index in [9.17, 15) is 8.42 Å². The molecule has 118 valence electrons. The van der Waals surface area contributed by atoms with E-state index in [0.717, 1.165) is 5.56 Å². The Morgan fingerprint density at radius 1 is 1.04 bits per heavy atom. The third-order valence-electron chi connectivity index (χ3n) is 3.82. The van der Waals surface area contributed by atoms with Crippen molar-refractivity contribution in [3.8, 4) is 11.5 Å². The van der Waals surface area contributed by atoms with Crippen molar-refractivity contribution in [2.75, 3.05) is 6.79 Å². The summed E-state index contributed by atoms with van der Waals surface area (Å²) in [6.07, 6.45) is 0. The maximum Gasteiger partial charge on any atom is 0.269 e. The molecule has 0 fully saturated rings. The number of fused-ring (bicyclic) bond motifs is 2. The standard InChI is InChI=1S/C16H14N2O4S/c1-10-3-5-12(6-4-10)23(19,20)18-11(2)17-13-7-15-16(8-14(13)18)22-9-21-15/h3-8H,9H2,1-2H3. The number of rotatable bonds is 2. The van der Waals surface area contributed by atoms with Crippen molar-refractivity contribution in [1.29, 1.82) is 0 Å². The number of hydrogen-bond donors (Lipinski definition) is 0. The molecule has 4 rings (SSSR count). The van der Waals surface area contributed by atoms with Gasteiger partial charge in [-0.25, -0.2) is 17.4 Å². The summed E-state index contributed by atoms with van der Waals surface area (Å²) in [7, 11) is -3.73. The van der Waals surface area contributed by atoms with Crippen LogP contribution in [0.3, 0.4) is 0 Å².